The normalized spacial score (nSPS) is 15.9. The fourth-order valence-corrected chi connectivity index (χ4v) is 13.3. The predicted octanol–water partition coefficient (Wildman–Crippen LogP) is 14.5. The van der Waals surface area contributed by atoms with Crippen molar-refractivity contribution in [2.24, 2.45) is 17.6 Å². The monoisotopic (exact) mass is 1350 g/mol. The van der Waals surface area contributed by atoms with Gasteiger partial charge in [-0.1, -0.05) is 137 Å². The summed E-state index contributed by atoms with van der Waals surface area (Å²) in [7, 11) is 0. The van der Waals surface area contributed by atoms with E-state index in [1.54, 1.807) is 43.7 Å². The molecule has 470 valence electrons. The number of aryl methyl sites for hydroxylation is 5. The zero-order valence-corrected chi connectivity index (χ0v) is 56.4. The van der Waals surface area contributed by atoms with E-state index in [9.17, 15) is 14.4 Å². The van der Waals surface area contributed by atoms with Gasteiger partial charge in [0.15, 0.2) is 32.7 Å². The highest BCUT2D eigenvalue weighted by atomic mass is 35.5. The van der Waals surface area contributed by atoms with Gasteiger partial charge < -0.3 is 36.8 Å². The number of Topliss-reactive ketones (excluding diaryl/α,β-unsaturated/α-hetero) is 3. The first-order chi connectivity index (χ1) is 43.2. The summed E-state index contributed by atoms with van der Waals surface area (Å²) in [5.74, 6) is 7.13. The van der Waals surface area contributed by atoms with Crippen molar-refractivity contribution in [2.75, 3.05) is 65.0 Å². The van der Waals surface area contributed by atoms with E-state index in [0.717, 1.165) is 78.0 Å². The summed E-state index contributed by atoms with van der Waals surface area (Å²) < 4.78 is 0. The second-order valence-electron chi connectivity index (χ2n) is 22.3. The van der Waals surface area contributed by atoms with Gasteiger partial charge in [-0.05, 0) is 125 Å². The molecule has 0 bridgehead atoms. The van der Waals surface area contributed by atoms with Gasteiger partial charge in [-0.3, -0.25) is 14.4 Å². The third-order valence-electron chi connectivity index (χ3n) is 14.8. The largest absolute Gasteiger partial charge is 0.356 e. The quantitative estimate of drug-likeness (QED) is 0.0420. The van der Waals surface area contributed by atoms with E-state index < -0.39 is 0 Å². The van der Waals surface area contributed by atoms with Crippen molar-refractivity contribution in [1.29, 1.82) is 0 Å². The molecule has 0 aliphatic carbocycles. The third kappa shape index (κ3) is 19.2. The first-order valence-corrected chi connectivity index (χ1v) is 33.3. The topological polar surface area (TPSA) is 248 Å². The molecule has 0 saturated carbocycles. The van der Waals surface area contributed by atoms with Crippen LogP contribution in [0.15, 0.2) is 97.5 Å². The molecule has 3 aromatic carbocycles. The lowest BCUT2D eigenvalue weighted by Crippen LogP contribution is -2.27. The van der Waals surface area contributed by atoms with Gasteiger partial charge >= 0.3 is 0 Å². The minimum Gasteiger partial charge on any atom is -0.356 e. The van der Waals surface area contributed by atoms with Crippen LogP contribution in [0.4, 0.5) is 44.5 Å². The molecular formula is C64H70Cl4N16O3S3. The van der Waals surface area contributed by atoms with E-state index >= 15 is 0 Å². The fourth-order valence-electron chi connectivity index (χ4n) is 9.98. The van der Waals surface area contributed by atoms with Gasteiger partial charge in [0, 0.05) is 84.8 Å². The first kappa shape index (κ1) is 67.3. The molecule has 3 saturated heterocycles. The summed E-state index contributed by atoms with van der Waals surface area (Å²) in [6, 6.07) is 24.2. The fraction of sp³-hybridized carbons (Fsp3) is 0.344. The van der Waals surface area contributed by atoms with Crippen LogP contribution in [0, 0.1) is 46.5 Å². The first-order valence-electron chi connectivity index (χ1n) is 29.4. The molecule has 3 aliphatic rings. The van der Waals surface area contributed by atoms with Crippen LogP contribution in [0.25, 0.3) is 0 Å². The predicted molar refractivity (Wildman–Crippen MR) is 367 cm³/mol. The SMILES string of the molecule is C[C@@H]1CCNC1.Cc1nc(Cl)cc(Nc2ncc(C(=O)Cc3ccccc3Cl)s2)n1.Cc1nc(Nc2ncc(C(=O)Cc3c(C)cccc3Cl)s2)cc(N2CC[C@@H](C)C2)n1.Cc1nc(Nc2ncc(C(=O)Cc3c(C)cccc3Cl)s2)cc(N2CC[C@@H](N)C2)n1. The second-order valence-corrected chi connectivity index (χ2v) is 27.0. The number of rotatable bonds is 17. The lowest BCUT2D eigenvalue weighted by Gasteiger charge is -2.18. The molecule has 90 heavy (non-hydrogen) atoms. The van der Waals surface area contributed by atoms with Crippen LogP contribution in [0.5, 0.6) is 0 Å². The minimum atomic E-state index is -0.0365. The number of hydrogen-bond acceptors (Lipinski definition) is 22. The molecule has 3 atom stereocenters. The van der Waals surface area contributed by atoms with Crippen LogP contribution in [0.1, 0.15) is 107 Å². The summed E-state index contributed by atoms with van der Waals surface area (Å²) in [4.78, 5) is 83.2. The highest BCUT2D eigenvalue weighted by Crippen LogP contribution is 2.32. The molecule has 9 heterocycles. The molecular weight excluding hydrogens is 1280 g/mol. The van der Waals surface area contributed by atoms with Crippen LogP contribution >= 0.6 is 80.4 Å². The Kier molecular flexibility index (Phi) is 23.7. The number of thiazole rings is 3. The van der Waals surface area contributed by atoms with Gasteiger partial charge in [-0.15, -0.1) is 0 Å². The number of hydrogen-bond donors (Lipinski definition) is 5. The van der Waals surface area contributed by atoms with Crippen molar-refractivity contribution in [3.05, 3.63) is 178 Å². The Balaban J connectivity index is 0.000000153. The van der Waals surface area contributed by atoms with Gasteiger partial charge in [0.25, 0.3) is 0 Å². The molecule has 0 unspecified atom stereocenters. The number of aromatic nitrogens is 9. The average Bonchev–Trinajstić information content (AvgIpc) is 2.06. The Hall–Kier alpha value is -7.12. The van der Waals surface area contributed by atoms with Gasteiger partial charge in [-0.2, -0.15) is 0 Å². The molecule has 0 amide bonds. The number of benzene rings is 3. The molecule has 9 aromatic rings. The van der Waals surface area contributed by atoms with Crippen molar-refractivity contribution < 1.29 is 14.4 Å². The summed E-state index contributed by atoms with van der Waals surface area (Å²) in [5.41, 5.74) is 10.5. The van der Waals surface area contributed by atoms with Crippen molar-refractivity contribution >= 4 is 142 Å². The number of nitrogens with two attached hydrogens (primary N) is 1. The van der Waals surface area contributed by atoms with Gasteiger partial charge in [0.2, 0.25) is 0 Å². The van der Waals surface area contributed by atoms with Crippen LogP contribution in [-0.4, -0.2) is 108 Å². The number of nitrogens with zero attached hydrogens (tertiary/aromatic N) is 11. The minimum absolute atomic E-state index is 0.00219. The molecule has 26 heteroatoms. The highest BCUT2D eigenvalue weighted by molar-refractivity contribution is 7.18. The summed E-state index contributed by atoms with van der Waals surface area (Å²) >= 11 is 28.4. The Morgan fingerprint density at radius 3 is 1.41 bits per heavy atom. The van der Waals surface area contributed by atoms with Gasteiger partial charge in [0.05, 0.1) is 33.2 Å². The number of nitrogens with one attached hydrogen (secondary N) is 4. The summed E-state index contributed by atoms with van der Waals surface area (Å²) in [5, 5.41) is 16.7. The third-order valence-corrected chi connectivity index (χ3v) is 18.9. The van der Waals surface area contributed by atoms with Crippen LogP contribution in [-0.2, 0) is 19.3 Å². The van der Waals surface area contributed by atoms with Crippen molar-refractivity contribution in [3.63, 3.8) is 0 Å². The maximum Gasteiger partial charge on any atom is 0.188 e. The molecule has 6 N–H and O–H groups in total. The summed E-state index contributed by atoms with van der Waals surface area (Å²) in [6.07, 6.45) is 9.00. The maximum atomic E-state index is 12.7. The number of carbonyl (C=O) groups is 3. The van der Waals surface area contributed by atoms with Crippen LogP contribution < -0.4 is 36.8 Å². The summed E-state index contributed by atoms with van der Waals surface area (Å²) in [6.45, 7) is 20.1. The van der Waals surface area contributed by atoms with Crippen molar-refractivity contribution in [1.82, 2.24) is 50.2 Å². The van der Waals surface area contributed by atoms with Crippen molar-refractivity contribution in [3.8, 4) is 0 Å². The van der Waals surface area contributed by atoms with E-state index in [4.69, 9.17) is 52.1 Å². The van der Waals surface area contributed by atoms with Crippen molar-refractivity contribution in [2.45, 2.75) is 93.0 Å². The highest BCUT2D eigenvalue weighted by Gasteiger charge is 2.24. The number of ketones is 3. The van der Waals surface area contributed by atoms with Gasteiger partial charge in [0.1, 0.15) is 51.7 Å². The second kappa shape index (κ2) is 31.8. The Morgan fingerprint density at radius 1 is 0.544 bits per heavy atom. The van der Waals surface area contributed by atoms with Crippen LogP contribution in [0.2, 0.25) is 20.2 Å². The van der Waals surface area contributed by atoms with E-state index in [1.165, 1.54) is 59.9 Å². The van der Waals surface area contributed by atoms with Crippen LogP contribution in [0.3, 0.4) is 0 Å². The number of halogens is 4. The Morgan fingerprint density at radius 2 is 1.00 bits per heavy atom. The lowest BCUT2D eigenvalue weighted by atomic mass is 10.0. The zero-order chi connectivity index (χ0) is 64.0. The number of anilines is 8. The average molecular weight is 1350 g/mol. The van der Waals surface area contributed by atoms with E-state index in [0.29, 0.717) is 91.1 Å². The molecule has 3 fully saturated rings. The smallest absolute Gasteiger partial charge is 0.188 e. The molecule has 19 nitrogen and oxygen atoms in total. The molecule has 3 aliphatic heterocycles. The van der Waals surface area contributed by atoms with E-state index in [-0.39, 0.29) is 42.7 Å². The Bertz CT molecular complexity index is 3740. The molecule has 0 radical (unpaired) electrons. The van der Waals surface area contributed by atoms with Gasteiger partial charge in [-0.25, -0.2) is 44.9 Å². The molecule has 6 aromatic heterocycles. The standard InChI is InChI=1S/C22H24ClN5OS.C21H23ClN6OS.C16H12Cl2N4OS.C5H11N/c1-13-7-8-28(12-13)21-10-20(25-15(3)26-21)27-22-24-11-19(30-22)18(29)9-16-14(2)5-4-6-17(16)23;1-12-4-3-5-16(22)15(12)8-17(29)18-10-24-21(30-18)27-19-9-20(26-13(2)25-19)28-7-6-14(23)11-28;1-9-20-14(18)7-15(21-9)22-16-19-8-13(24-16)12(23)6-10-4-2-3-5-11(10)17;1-5-2-3-6-4-5/h4-6,10-11,13H,7-9,12H2,1-3H3,(H,24,25,26,27);3-5,9-10,14H,6-8,11,23H2,1-2H3,(H,24,25,26,27);2-5,7-8H,6H2,1H3,(H,19,20,21,22);5-6H,2-4H2,1H3/t13-;14-;;5-/m11.1/s1. The zero-order valence-electron chi connectivity index (χ0n) is 50.9. The van der Waals surface area contributed by atoms with E-state index in [2.05, 4.69) is 89.8 Å². The lowest BCUT2D eigenvalue weighted by molar-refractivity contribution is 0.0988. The Labute approximate surface area is 556 Å². The number of carbonyl (C=O) groups excluding carboxylic acids is 3. The maximum absolute atomic E-state index is 12.7. The molecule has 12 rings (SSSR count). The molecule has 0 spiro atoms. The van der Waals surface area contributed by atoms with E-state index in [1.807, 2.05) is 88.4 Å².